The van der Waals surface area contributed by atoms with E-state index in [1.165, 1.54) is 4.57 Å². The molecule has 1 fully saturated rings. The molecule has 1 atom stereocenters. The van der Waals surface area contributed by atoms with Gasteiger partial charge in [0.2, 0.25) is 0 Å². The third-order valence-electron chi connectivity index (χ3n) is 4.29. The van der Waals surface area contributed by atoms with Crippen molar-refractivity contribution >= 4 is 12.6 Å². The highest BCUT2D eigenvalue weighted by atomic mass is 16.7. The van der Waals surface area contributed by atoms with E-state index in [4.69, 9.17) is 15.0 Å². The summed E-state index contributed by atoms with van der Waals surface area (Å²) in [5, 5.41) is 0. The molecule has 2 rings (SSSR count). The number of hydrogen-bond donors (Lipinski definition) is 1. The first-order chi connectivity index (χ1) is 9.05. The highest BCUT2D eigenvalue weighted by Gasteiger charge is 2.52. The van der Waals surface area contributed by atoms with Gasteiger partial charge < -0.3 is 19.6 Å². The van der Waals surface area contributed by atoms with Crippen molar-refractivity contribution in [1.82, 2.24) is 4.57 Å². The van der Waals surface area contributed by atoms with Crippen molar-refractivity contribution in [2.45, 2.75) is 51.9 Å². The fourth-order valence-electron chi connectivity index (χ4n) is 2.23. The Morgan fingerprint density at radius 2 is 1.75 bits per heavy atom. The van der Waals surface area contributed by atoms with Gasteiger partial charge in [-0.3, -0.25) is 4.79 Å². The van der Waals surface area contributed by atoms with E-state index in [0.717, 1.165) is 11.0 Å². The lowest BCUT2D eigenvalue weighted by molar-refractivity contribution is 0.00578. The quantitative estimate of drug-likeness (QED) is 0.809. The molecule has 0 aromatic carbocycles. The largest absolute Gasteiger partial charge is 0.496 e. The molecule has 20 heavy (non-hydrogen) atoms. The SMILES string of the molecule is C[C@H](N)c1cc(=O)n(C)cc1B1OC(C)(C)C(C)(C)O1. The first kappa shape index (κ1) is 15.3. The van der Waals surface area contributed by atoms with Gasteiger partial charge in [-0.1, -0.05) is 0 Å². The van der Waals surface area contributed by atoms with Gasteiger partial charge in [-0.05, 0) is 40.2 Å². The summed E-state index contributed by atoms with van der Waals surface area (Å²) in [7, 11) is 1.20. The monoisotopic (exact) mass is 278 g/mol. The zero-order chi connectivity index (χ0) is 15.3. The van der Waals surface area contributed by atoms with Crippen molar-refractivity contribution in [2.24, 2.45) is 12.8 Å². The number of pyridine rings is 1. The van der Waals surface area contributed by atoms with Crippen molar-refractivity contribution in [1.29, 1.82) is 0 Å². The Balaban J connectivity index is 2.49. The lowest BCUT2D eigenvalue weighted by Crippen LogP contribution is -2.41. The van der Waals surface area contributed by atoms with Crippen LogP contribution < -0.4 is 16.8 Å². The number of nitrogens with two attached hydrogens (primary N) is 1. The average Bonchev–Trinajstić information content (AvgIpc) is 2.51. The van der Waals surface area contributed by atoms with Crippen molar-refractivity contribution < 1.29 is 9.31 Å². The van der Waals surface area contributed by atoms with Gasteiger partial charge in [0.1, 0.15) is 0 Å². The summed E-state index contributed by atoms with van der Waals surface area (Å²) in [6.07, 6.45) is 1.75. The first-order valence-electron chi connectivity index (χ1n) is 6.87. The molecule has 0 aliphatic carbocycles. The Morgan fingerprint density at radius 1 is 1.25 bits per heavy atom. The highest BCUT2D eigenvalue weighted by Crippen LogP contribution is 2.36. The van der Waals surface area contributed by atoms with Gasteiger partial charge in [-0.25, -0.2) is 0 Å². The average molecular weight is 278 g/mol. The van der Waals surface area contributed by atoms with Gasteiger partial charge in [-0.15, -0.1) is 0 Å². The summed E-state index contributed by atoms with van der Waals surface area (Å²) >= 11 is 0. The molecule has 0 radical (unpaired) electrons. The predicted octanol–water partition coefficient (Wildman–Crippen LogP) is 0.704. The summed E-state index contributed by atoms with van der Waals surface area (Å²) < 4.78 is 13.6. The summed E-state index contributed by atoms with van der Waals surface area (Å²) in [6.45, 7) is 9.85. The van der Waals surface area contributed by atoms with Gasteiger partial charge in [0, 0.05) is 30.8 Å². The van der Waals surface area contributed by atoms with Crippen LogP contribution in [0.25, 0.3) is 0 Å². The van der Waals surface area contributed by atoms with E-state index >= 15 is 0 Å². The molecule has 0 spiro atoms. The van der Waals surface area contributed by atoms with Gasteiger partial charge in [0.15, 0.2) is 0 Å². The molecule has 1 aliphatic rings. The molecule has 2 N–H and O–H groups in total. The van der Waals surface area contributed by atoms with Crippen molar-refractivity contribution in [3.63, 3.8) is 0 Å². The maximum atomic E-state index is 11.8. The minimum Gasteiger partial charge on any atom is -0.399 e. The summed E-state index contributed by atoms with van der Waals surface area (Å²) in [6, 6.07) is 1.31. The lowest BCUT2D eigenvalue weighted by Gasteiger charge is -2.32. The van der Waals surface area contributed by atoms with Crippen LogP contribution in [0.4, 0.5) is 0 Å². The Hall–Kier alpha value is -1.11. The third-order valence-corrected chi connectivity index (χ3v) is 4.29. The van der Waals surface area contributed by atoms with E-state index in [1.807, 2.05) is 34.6 Å². The van der Waals surface area contributed by atoms with Gasteiger partial charge in [-0.2, -0.15) is 0 Å². The Bertz CT molecular complexity index is 562. The molecular weight excluding hydrogens is 255 g/mol. The highest BCUT2D eigenvalue weighted by molar-refractivity contribution is 6.62. The molecule has 110 valence electrons. The molecular formula is C14H23BN2O3. The second kappa shape index (κ2) is 4.72. The smallest absolute Gasteiger partial charge is 0.399 e. The van der Waals surface area contributed by atoms with Gasteiger partial charge >= 0.3 is 7.12 Å². The Morgan fingerprint density at radius 3 is 2.20 bits per heavy atom. The van der Waals surface area contributed by atoms with Crippen molar-refractivity contribution in [3.05, 3.63) is 28.2 Å². The summed E-state index contributed by atoms with van der Waals surface area (Å²) in [5.41, 5.74) is 6.65. The summed E-state index contributed by atoms with van der Waals surface area (Å²) in [5.74, 6) is 0. The van der Waals surface area contributed by atoms with Crippen LogP contribution in [-0.2, 0) is 16.4 Å². The van der Waals surface area contributed by atoms with Crippen LogP contribution in [0.5, 0.6) is 0 Å². The molecule has 1 aromatic rings. The Labute approximate surface area is 120 Å². The normalized spacial score (nSPS) is 22.1. The fraction of sp³-hybridized carbons (Fsp3) is 0.643. The number of nitrogens with zero attached hydrogens (tertiary/aromatic N) is 1. The topological polar surface area (TPSA) is 66.5 Å². The zero-order valence-electron chi connectivity index (χ0n) is 13.1. The van der Waals surface area contributed by atoms with Crippen LogP contribution in [-0.4, -0.2) is 22.9 Å². The van der Waals surface area contributed by atoms with E-state index in [1.54, 1.807) is 19.3 Å². The van der Waals surface area contributed by atoms with Crippen LogP contribution >= 0.6 is 0 Å². The minimum atomic E-state index is -0.507. The van der Waals surface area contributed by atoms with Crippen LogP contribution in [0.15, 0.2) is 17.1 Å². The zero-order valence-corrected chi connectivity index (χ0v) is 13.1. The lowest BCUT2D eigenvalue weighted by atomic mass is 9.75. The molecule has 0 saturated carbocycles. The molecule has 1 saturated heterocycles. The molecule has 0 amide bonds. The molecule has 5 nitrogen and oxygen atoms in total. The van der Waals surface area contributed by atoms with E-state index in [9.17, 15) is 4.79 Å². The van der Waals surface area contributed by atoms with E-state index in [2.05, 4.69) is 0 Å². The second-order valence-corrected chi connectivity index (χ2v) is 6.51. The molecule has 6 heteroatoms. The predicted molar refractivity (Wildman–Crippen MR) is 80.0 cm³/mol. The van der Waals surface area contributed by atoms with Gasteiger partial charge in [0.25, 0.3) is 5.56 Å². The maximum Gasteiger partial charge on any atom is 0.496 e. The van der Waals surface area contributed by atoms with Crippen molar-refractivity contribution in [2.75, 3.05) is 0 Å². The fourth-order valence-corrected chi connectivity index (χ4v) is 2.23. The summed E-state index contributed by atoms with van der Waals surface area (Å²) in [4.78, 5) is 11.8. The van der Waals surface area contributed by atoms with Crippen LogP contribution in [0, 0.1) is 0 Å². The molecule has 1 aliphatic heterocycles. The standard InChI is InChI=1S/C14H23BN2O3/c1-9(16)10-7-12(18)17(6)8-11(10)15-19-13(2,3)14(4,5)20-15/h7-9H,16H2,1-6H3/t9-/m0/s1. The molecule has 2 heterocycles. The number of aryl methyl sites for hydroxylation is 1. The van der Waals surface area contributed by atoms with Crippen LogP contribution in [0.2, 0.25) is 0 Å². The number of hydrogen-bond acceptors (Lipinski definition) is 4. The minimum absolute atomic E-state index is 0.0856. The van der Waals surface area contributed by atoms with E-state index in [-0.39, 0.29) is 11.6 Å². The van der Waals surface area contributed by atoms with Gasteiger partial charge in [0.05, 0.1) is 11.2 Å². The van der Waals surface area contributed by atoms with E-state index in [0.29, 0.717) is 0 Å². The number of rotatable bonds is 2. The number of aromatic nitrogens is 1. The second-order valence-electron chi connectivity index (χ2n) is 6.51. The maximum absolute atomic E-state index is 11.8. The third kappa shape index (κ3) is 2.43. The molecule has 0 unspecified atom stereocenters. The van der Waals surface area contributed by atoms with E-state index < -0.39 is 18.3 Å². The first-order valence-corrected chi connectivity index (χ1v) is 6.87. The van der Waals surface area contributed by atoms with Crippen LogP contribution in [0.3, 0.4) is 0 Å². The van der Waals surface area contributed by atoms with Crippen LogP contribution in [0.1, 0.15) is 46.2 Å². The molecule has 0 bridgehead atoms. The molecule has 1 aromatic heterocycles. The Kier molecular flexibility index (Phi) is 3.61. The van der Waals surface area contributed by atoms with Crippen molar-refractivity contribution in [3.8, 4) is 0 Å².